The summed E-state index contributed by atoms with van der Waals surface area (Å²) in [4.78, 5) is 20.0. The van der Waals surface area contributed by atoms with Crippen LogP contribution >= 0.6 is 0 Å². The molecule has 0 unspecified atom stereocenters. The minimum atomic E-state index is -0.746. The van der Waals surface area contributed by atoms with Crippen LogP contribution in [0.4, 0.5) is 0 Å². The minimum Gasteiger partial charge on any atom is -0.306 e. The van der Waals surface area contributed by atoms with Crippen LogP contribution in [0.15, 0.2) is 132 Å². The van der Waals surface area contributed by atoms with Crippen molar-refractivity contribution in [2.24, 2.45) is 10.8 Å². The Bertz CT molecular complexity index is 2480. The van der Waals surface area contributed by atoms with Gasteiger partial charge in [-0.15, -0.1) is 0 Å². The third-order valence-corrected chi connectivity index (χ3v) is 10.5. The topological polar surface area (TPSA) is 34.9 Å². The first-order chi connectivity index (χ1) is 23.0. The van der Waals surface area contributed by atoms with Crippen LogP contribution in [0.5, 0.6) is 0 Å². The van der Waals surface area contributed by atoms with Crippen LogP contribution < -0.4 is 0 Å². The largest absolute Gasteiger partial charge is 0.306 e. The van der Waals surface area contributed by atoms with Gasteiger partial charge in [0.1, 0.15) is 11.4 Å². The fourth-order valence-corrected chi connectivity index (χ4v) is 8.25. The van der Waals surface area contributed by atoms with Crippen molar-refractivity contribution in [3.63, 3.8) is 0 Å². The summed E-state index contributed by atoms with van der Waals surface area (Å²) in [6, 6.07) is 39.3. The molecule has 6 aromatic carbocycles. The summed E-state index contributed by atoms with van der Waals surface area (Å²) in [6.45, 7) is 12.9. The predicted octanol–water partition coefficient (Wildman–Crippen LogP) is 11.4. The maximum Gasteiger partial charge on any atom is 0.185 e. The standard InChI is InChI=1S/C45H38N2O/c1-43(2,3)35-25-45(26-36(41(35)48)44(4,5)6)34-18-11-10-17-33(34)40-39(30-13-8-7-9-14-30)46-42(47(40)45)32-24-22-29-20-19-27-15-12-16-28-21-23-31(32)38(29)37(27)28/h7-26H,1-6H3. The SMILES string of the molecule is CC(C)(C)C1=CC2(C=C(C(C)(C)C)C1=O)c1ccccc1-c1c(-c3ccccc3)nc(-c3ccc4ccc5cccc6ccc3c4c56)n12. The van der Waals surface area contributed by atoms with Crippen LogP contribution in [0.25, 0.3) is 66.2 Å². The van der Waals surface area contributed by atoms with E-state index in [-0.39, 0.29) is 16.6 Å². The first kappa shape index (κ1) is 28.9. The van der Waals surface area contributed by atoms with Gasteiger partial charge in [0, 0.05) is 27.8 Å². The summed E-state index contributed by atoms with van der Waals surface area (Å²) in [5.74, 6) is 1.04. The fraction of sp³-hybridized carbons (Fsp3) is 0.200. The lowest BCUT2D eigenvalue weighted by Gasteiger charge is -2.39. The van der Waals surface area contributed by atoms with Crippen LogP contribution in [0.1, 0.15) is 47.1 Å². The van der Waals surface area contributed by atoms with Gasteiger partial charge < -0.3 is 4.57 Å². The molecule has 0 saturated heterocycles. The number of imidazole rings is 1. The highest BCUT2D eigenvalue weighted by molar-refractivity contribution is 6.25. The maximum absolute atomic E-state index is 14.4. The third kappa shape index (κ3) is 3.88. The second-order valence-electron chi connectivity index (χ2n) is 15.6. The van der Waals surface area contributed by atoms with E-state index in [1.54, 1.807) is 0 Å². The summed E-state index contributed by atoms with van der Waals surface area (Å²) < 4.78 is 2.45. The molecule has 2 aliphatic rings. The maximum atomic E-state index is 14.4. The molecule has 0 amide bonds. The van der Waals surface area contributed by atoms with Gasteiger partial charge >= 0.3 is 0 Å². The molecule has 0 atom stereocenters. The molecule has 0 radical (unpaired) electrons. The summed E-state index contributed by atoms with van der Waals surface area (Å²) >= 11 is 0. The van der Waals surface area contributed by atoms with Crippen molar-refractivity contribution in [1.29, 1.82) is 0 Å². The Balaban J connectivity index is 1.47. The van der Waals surface area contributed by atoms with E-state index in [1.165, 1.54) is 37.9 Å². The van der Waals surface area contributed by atoms with E-state index in [0.717, 1.165) is 45.0 Å². The highest BCUT2D eigenvalue weighted by Gasteiger charge is 2.49. The van der Waals surface area contributed by atoms with E-state index < -0.39 is 5.54 Å². The van der Waals surface area contributed by atoms with Crippen LogP contribution in [-0.4, -0.2) is 15.3 Å². The lowest BCUT2D eigenvalue weighted by Crippen LogP contribution is -2.38. The zero-order chi connectivity index (χ0) is 33.2. The van der Waals surface area contributed by atoms with Crippen LogP contribution in [-0.2, 0) is 10.3 Å². The van der Waals surface area contributed by atoms with Crippen LogP contribution in [0, 0.1) is 10.8 Å². The first-order valence-corrected chi connectivity index (χ1v) is 16.9. The average Bonchev–Trinajstić information content (AvgIpc) is 3.59. The molecular weight excluding hydrogens is 585 g/mol. The van der Waals surface area contributed by atoms with Gasteiger partial charge in [0.2, 0.25) is 0 Å². The Kier molecular flexibility index (Phi) is 5.80. The van der Waals surface area contributed by atoms with E-state index in [4.69, 9.17) is 4.98 Å². The molecule has 1 spiro atoms. The number of carbonyl (C=O) groups excluding carboxylic acids is 1. The smallest absolute Gasteiger partial charge is 0.185 e. The Morgan fingerprint density at radius 1 is 0.583 bits per heavy atom. The molecule has 0 N–H and O–H groups in total. The van der Waals surface area contributed by atoms with Crippen molar-refractivity contribution < 1.29 is 4.79 Å². The number of benzene rings is 6. The second-order valence-corrected chi connectivity index (χ2v) is 15.6. The molecule has 1 aliphatic heterocycles. The third-order valence-electron chi connectivity index (χ3n) is 10.5. The molecule has 7 aromatic rings. The highest BCUT2D eigenvalue weighted by atomic mass is 16.1. The Morgan fingerprint density at radius 2 is 1.17 bits per heavy atom. The number of aromatic nitrogens is 2. The normalized spacial score (nSPS) is 15.8. The number of hydrogen-bond donors (Lipinski definition) is 0. The molecule has 9 rings (SSSR count). The number of carbonyl (C=O) groups is 1. The van der Waals surface area contributed by atoms with Crippen molar-refractivity contribution >= 4 is 38.1 Å². The van der Waals surface area contributed by atoms with Gasteiger partial charge in [0.15, 0.2) is 5.78 Å². The van der Waals surface area contributed by atoms with Crippen molar-refractivity contribution in [2.45, 2.75) is 47.1 Å². The van der Waals surface area contributed by atoms with Gasteiger partial charge in [-0.25, -0.2) is 4.98 Å². The molecule has 234 valence electrons. The number of fused-ring (bicyclic) bond motifs is 5. The van der Waals surface area contributed by atoms with Crippen molar-refractivity contribution in [2.75, 3.05) is 0 Å². The number of Topliss-reactive ketones (excluding diaryl/α,β-unsaturated/α-hetero) is 1. The van der Waals surface area contributed by atoms with E-state index in [1.807, 2.05) is 0 Å². The Hall–Kier alpha value is -5.28. The zero-order valence-electron chi connectivity index (χ0n) is 28.3. The average molecular weight is 623 g/mol. The lowest BCUT2D eigenvalue weighted by atomic mass is 9.67. The number of rotatable bonds is 2. The van der Waals surface area contributed by atoms with E-state index in [0.29, 0.717) is 0 Å². The molecule has 48 heavy (non-hydrogen) atoms. The van der Waals surface area contributed by atoms with Crippen molar-refractivity contribution in [1.82, 2.24) is 9.55 Å². The van der Waals surface area contributed by atoms with Crippen LogP contribution in [0.2, 0.25) is 0 Å². The number of ketones is 1. The number of allylic oxidation sites excluding steroid dienone is 4. The van der Waals surface area contributed by atoms with E-state index in [9.17, 15) is 4.79 Å². The summed E-state index contributed by atoms with van der Waals surface area (Å²) in [7, 11) is 0. The quantitative estimate of drug-likeness (QED) is 0.180. The summed E-state index contributed by atoms with van der Waals surface area (Å²) in [5.41, 5.74) is 6.74. The molecule has 3 nitrogen and oxygen atoms in total. The number of nitrogens with zero attached hydrogens (tertiary/aromatic N) is 2. The Labute approximate surface area is 281 Å². The zero-order valence-corrected chi connectivity index (χ0v) is 28.3. The monoisotopic (exact) mass is 622 g/mol. The molecule has 1 aliphatic carbocycles. The van der Waals surface area contributed by atoms with Gasteiger partial charge in [-0.3, -0.25) is 4.79 Å². The van der Waals surface area contributed by atoms with Gasteiger partial charge in [-0.05, 0) is 60.9 Å². The van der Waals surface area contributed by atoms with Crippen molar-refractivity contribution in [3.8, 4) is 33.9 Å². The summed E-state index contributed by atoms with van der Waals surface area (Å²) in [5, 5.41) is 7.44. The molecule has 2 heterocycles. The molecule has 1 aromatic heterocycles. The number of hydrogen-bond acceptors (Lipinski definition) is 2. The molecule has 0 fully saturated rings. The molecular formula is C45H38N2O. The molecule has 0 bridgehead atoms. The fourth-order valence-electron chi connectivity index (χ4n) is 8.25. The highest BCUT2D eigenvalue weighted by Crippen LogP contribution is 2.56. The Morgan fingerprint density at radius 3 is 1.83 bits per heavy atom. The minimum absolute atomic E-state index is 0.138. The second kappa shape index (κ2) is 9.64. The van der Waals surface area contributed by atoms with Gasteiger partial charge in [-0.2, -0.15) is 0 Å². The predicted molar refractivity (Wildman–Crippen MR) is 199 cm³/mol. The summed E-state index contributed by atoms with van der Waals surface area (Å²) in [6.07, 6.45) is 4.52. The van der Waals surface area contributed by atoms with Gasteiger partial charge in [-0.1, -0.05) is 151 Å². The van der Waals surface area contributed by atoms with E-state index >= 15 is 0 Å². The van der Waals surface area contributed by atoms with Crippen molar-refractivity contribution in [3.05, 3.63) is 138 Å². The van der Waals surface area contributed by atoms with E-state index in [2.05, 4.69) is 167 Å². The van der Waals surface area contributed by atoms with Crippen LogP contribution in [0.3, 0.4) is 0 Å². The molecule has 3 heteroatoms. The first-order valence-electron chi connectivity index (χ1n) is 16.9. The lowest BCUT2D eigenvalue weighted by molar-refractivity contribution is -0.114. The van der Waals surface area contributed by atoms with Gasteiger partial charge in [0.05, 0.1) is 11.4 Å². The van der Waals surface area contributed by atoms with Gasteiger partial charge in [0.25, 0.3) is 0 Å². The molecule has 0 saturated carbocycles.